The molecule has 0 radical (unpaired) electrons. The SMILES string of the molecule is COCC(=O)N1CCC(OCc2ccc(F)cc2)CC1C(=O)NC(Cc1cccs1)C(N)=O. The monoisotopic (exact) mass is 477 g/mol. The van der Waals surface area contributed by atoms with Gasteiger partial charge in [-0.25, -0.2) is 4.39 Å². The van der Waals surface area contributed by atoms with E-state index in [-0.39, 0.29) is 43.9 Å². The molecule has 0 saturated carbocycles. The summed E-state index contributed by atoms with van der Waals surface area (Å²) >= 11 is 1.47. The van der Waals surface area contributed by atoms with Crippen molar-refractivity contribution < 1.29 is 28.2 Å². The first-order valence-electron chi connectivity index (χ1n) is 10.6. The predicted octanol–water partition coefficient (Wildman–Crippen LogP) is 1.62. The van der Waals surface area contributed by atoms with Crippen LogP contribution in [0.1, 0.15) is 23.3 Å². The number of nitrogens with two attached hydrogens (primary N) is 1. The van der Waals surface area contributed by atoms with Crippen molar-refractivity contribution in [3.63, 3.8) is 0 Å². The van der Waals surface area contributed by atoms with Crippen LogP contribution in [-0.4, -0.2) is 61.1 Å². The molecule has 3 unspecified atom stereocenters. The molecule has 0 bridgehead atoms. The van der Waals surface area contributed by atoms with Gasteiger partial charge in [0, 0.05) is 31.4 Å². The van der Waals surface area contributed by atoms with Crippen LogP contribution in [0.15, 0.2) is 41.8 Å². The summed E-state index contributed by atoms with van der Waals surface area (Å²) in [5, 5.41) is 4.59. The number of carbonyl (C=O) groups is 3. The molecule has 3 amide bonds. The number of methoxy groups -OCH3 is 1. The van der Waals surface area contributed by atoms with Crippen molar-refractivity contribution in [2.24, 2.45) is 5.73 Å². The van der Waals surface area contributed by atoms with E-state index in [1.807, 2.05) is 17.5 Å². The predicted molar refractivity (Wildman–Crippen MR) is 121 cm³/mol. The first kappa shape index (κ1) is 24.8. The number of benzene rings is 1. The maximum Gasteiger partial charge on any atom is 0.249 e. The highest BCUT2D eigenvalue weighted by Gasteiger charge is 2.37. The number of rotatable bonds is 10. The number of hydrogen-bond donors (Lipinski definition) is 2. The van der Waals surface area contributed by atoms with Crippen molar-refractivity contribution >= 4 is 29.1 Å². The van der Waals surface area contributed by atoms with Crippen molar-refractivity contribution in [3.8, 4) is 0 Å². The van der Waals surface area contributed by atoms with Gasteiger partial charge in [-0.3, -0.25) is 14.4 Å². The van der Waals surface area contributed by atoms with Gasteiger partial charge in [-0.1, -0.05) is 18.2 Å². The molecule has 2 aromatic rings. The summed E-state index contributed by atoms with van der Waals surface area (Å²) in [4.78, 5) is 40.1. The minimum absolute atomic E-state index is 0.153. The second-order valence-corrected chi connectivity index (χ2v) is 8.90. The van der Waals surface area contributed by atoms with E-state index in [4.69, 9.17) is 15.2 Å². The Bertz CT molecular complexity index is 938. The lowest BCUT2D eigenvalue weighted by molar-refractivity contribution is -0.149. The van der Waals surface area contributed by atoms with Gasteiger partial charge < -0.3 is 25.4 Å². The Hall–Kier alpha value is -2.82. The number of nitrogens with zero attached hydrogens (tertiary/aromatic N) is 1. The fourth-order valence-electron chi connectivity index (χ4n) is 3.75. The number of ether oxygens (including phenoxy) is 2. The van der Waals surface area contributed by atoms with Gasteiger partial charge in [0.1, 0.15) is 24.5 Å². The molecule has 1 aliphatic rings. The zero-order valence-corrected chi connectivity index (χ0v) is 19.2. The van der Waals surface area contributed by atoms with Gasteiger partial charge >= 0.3 is 0 Å². The molecule has 0 aliphatic carbocycles. The van der Waals surface area contributed by atoms with E-state index in [0.717, 1.165) is 10.4 Å². The van der Waals surface area contributed by atoms with Crippen LogP contribution >= 0.6 is 11.3 Å². The van der Waals surface area contributed by atoms with Crippen LogP contribution < -0.4 is 11.1 Å². The first-order chi connectivity index (χ1) is 15.9. The summed E-state index contributed by atoms with van der Waals surface area (Å²) in [7, 11) is 1.41. The van der Waals surface area contributed by atoms with Crippen LogP contribution in [0.25, 0.3) is 0 Å². The van der Waals surface area contributed by atoms with Gasteiger partial charge in [0.05, 0.1) is 12.7 Å². The van der Waals surface area contributed by atoms with Crippen LogP contribution in [0.4, 0.5) is 4.39 Å². The number of thiophene rings is 1. The van der Waals surface area contributed by atoms with Crippen LogP contribution in [0, 0.1) is 5.82 Å². The third kappa shape index (κ3) is 7.08. The zero-order valence-electron chi connectivity index (χ0n) is 18.4. The second kappa shape index (κ2) is 11.9. The summed E-state index contributed by atoms with van der Waals surface area (Å²) in [5.41, 5.74) is 6.33. The van der Waals surface area contributed by atoms with Crippen LogP contribution in [0.3, 0.4) is 0 Å². The van der Waals surface area contributed by atoms with Crippen LogP contribution in [0.2, 0.25) is 0 Å². The molecule has 33 heavy (non-hydrogen) atoms. The van der Waals surface area contributed by atoms with Crippen molar-refractivity contribution in [1.29, 1.82) is 0 Å². The summed E-state index contributed by atoms with van der Waals surface area (Å²) in [6.07, 6.45) is 0.783. The molecule has 3 rings (SSSR count). The number of halogens is 1. The number of hydrogen-bond acceptors (Lipinski definition) is 6. The molecule has 1 saturated heterocycles. The van der Waals surface area contributed by atoms with Gasteiger partial charge in [0.25, 0.3) is 0 Å². The fourth-order valence-corrected chi connectivity index (χ4v) is 4.51. The van der Waals surface area contributed by atoms with Gasteiger partial charge in [-0.15, -0.1) is 11.3 Å². The van der Waals surface area contributed by atoms with Gasteiger partial charge in [0.2, 0.25) is 17.7 Å². The Labute approximate surface area is 195 Å². The van der Waals surface area contributed by atoms with Gasteiger partial charge in [-0.2, -0.15) is 0 Å². The lowest BCUT2D eigenvalue weighted by atomic mass is 9.97. The van der Waals surface area contributed by atoms with Crippen molar-refractivity contribution in [2.75, 3.05) is 20.3 Å². The Kier molecular flexibility index (Phi) is 8.93. The molecule has 8 nitrogen and oxygen atoms in total. The minimum Gasteiger partial charge on any atom is -0.375 e. The molecule has 2 heterocycles. The lowest BCUT2D eigenvalue weighted by Crippen LogP contribution is -2.58. The number of nitrogens with one attached hydrogen (secondary N) is 1. The zero-order chi connectivity index (χ0) is 23.8. The fraction of sp³-hybridized carbons (Fsp3) is 0.435. The maximum absolute atomic E-state index is 13.2. The van der Waals surface area contributed by atoms with Gasteiger partial charge in [-0.05, 0) is 35.6 Å². The third-order valence-electron chi connectivity index (χ3n) is 5.49. The highest BCUT2D eigenvalue weighted by atomic mass is 32.1. The van der Waals surface area contributed by atoms with Gasteiger partial charge in [0.15, 0.2) is 0 Å². The minimum atomic E-state index is -0.893. The number of primary amides is 1. The third-order valence-corrected chi connectivity index (χ3v) is 6.39. The highest BCUT2D eigenvalue weighted by molar-refractivity contribution is 7.09. The molecular formula is C23H28FN3O5S. The first-order valence-corrected chi connectivity index (χ1v) is 11.5. The summed E-state index contributed by atoms with van der Waals surface area (Å²) in [6, 6.07) is 7.99. The van der Waals surface area contributed by atoms with E-state index in [1.165, 1.54) is 35.5 Å². The van der Waals surface area contributed by atoms with Crippen molar-refractivity contribution in [3.05, 3.63) is 58.0 Å². The van der Waals surface area contributed by atoms with Crippen molar-refractivity contribution in [2.45, 2.75) is 44.1 Å². The largest absolute Gasteiger partial charge is 0.375 e. The molecule has 1 aliphatic heterocycles. The molecule has 1 fully saturated rings. The Morgan fingerprint density at radius 2 is 2.03 bits per heavy atom. The summed E-state index contributed by atoms with van der Waals surface area (Å²) in [5.74, 6) is -1.75. The van der Waals surface area contributed by atoms with E-state index >= 15 is 0 Å². The molecule has 178 valence electrons. The molecular weight excluding hydrogens is 449 g/mol. The van der Waals surface area contributed by atoms with E-state index in [0.29, 0.717) is 13.0 Å². The second-order valence-electron chi connectivity index (χ2n) is 7.87. The molecule has 1 aromatic carbocycles. The van der Waals surface area contributed by atoms with E-state index < -0.39 is 23.9 Å². The Morgan fingerprint density at radius 1 is 1.27 bits per heavy atom. The summed E-state index contributed by atoms with van der Waals surface area (Å²) in [6.45, 7) is 0.410. The standard InChI is InChI=1S/C23H28FN3O5S/c1-31-14-21(28)27-9-8-17(32-13-15-4-6-16(24)7-5-15)11-20(27)23(30)26-19(22(25)29)12-18-3-2-10-33-18/h2-7,10,17,19-20H,8-9,11-14H2,1H3,(H2,25,29)(H,26,30). The Morgan fingerprint density at radius 3 is 2.67 bits per heavy atom. The van der Waals surface area contributed by atoms with E-state index in [2.05, 4.69) is 5.32 Å². The molecule has 1 aromatic heterocycles. The highest BCUT2D eigenvalue weighted by Crippen LogP contribution is 2.23. The quantitative estimate of drug-likeness (QED) is 0.540. The summed E-state index contributed by atoms with van der Waals surface area (Å²) < 4.78 is 24.0. The number of carbonyl (C=O) groups excluding carboxylic acids is 3. The molecule has 0 spiro atoms. The lowest BCUT2D eigenvalue weighted by Gasteiger charge is -2.38. The van der Waals surface area contributed by atoms with Crippen molar-refractivity contribution in [1.82, 2.24) is 10.2 Å². The molecule has 3 atom stereocenters. The average molecular weight is 478 g/mol. The molecule has 10 heteroatoms. The van der Waals surface area contributed by atoms with E-state index in [9.17, 15) is 18.8 Å². The number of piperidine rings is 1. The molecule has 3 N–H and O–H groups in total. The maximum atomic E-state index is 13.2. The Balaban J connectivity index is 1.68. The van der Waals surface area contributed by atoms with Crippen LogP contribution in [0.5, 0.6) is 0 Å². The van der Waals surface area contributed by atoms with E-state index in [1.54, 1.807) is 12.1 Å². The topological polar surface area (TPSA) is 111 Å². The van der Waals surface area contributed by atoms with Crippen LogP contribution in [-0.2, 0) is 36.9 Å². The smallest absolute Gasteiger partial charge is 0.249 e. The average Bonchev–Trinajstić information content (AvgIpc) is 3.31. The number of likely N-dealkylation sites (tertiary alicyclic amines) is 1. The normalized spacial score (nSPS) is 19.2. The number of amides is 3.